The minimum absolute atomic E-state index is 0.0526. The van der Waals surface area contributed by atoms with Gasteiger partial charge < -0.3 is 9.47 Å². The largest absolute Gasteiger partial charge is 0.486 e. The standard InChI is InChI=1S/C20H17N3O5S/c1-12-18(10-13-3-2-4-15(9-13)23(25)26)29-20(21-12)22-19(24)14-5-6-16-17(11-14)28-8-7-27-16/h2-6,9,11H,7-8,10H2,1H3,(H,21,22,24). The molecule has 1 amide bonds. The van der Waals surface area contributed by atoms with E-state index < -0.39 is 4.92 Å². The number of non-ortho nitro benzene ring substituents is 1. The zero-order chi connectivity index (χ0) is 20.4. The maximum atomic E-state index is 12.6. The highest BCUT2D eigenvalue weighted by Gasteiger charge is 2.17. The molecule has 148 valence electrons. The first-order valence-corrected chi connectivity index (χ1v) is 9.72. The quantitative estimate of drug-likeness (QED) is 0.503. The van der Waals surface area contributed by atoms with Gasteiger partial charge in [-0.2, -0.15) is 0 Å². The molecule has 0 spiro atoms. The topological polar surface area (TPSA) is 104 Å². The molecule has 2 heterocycles. The van der Waals surface area contributed by atoms with Crippen molar-refractivity contribution in [3.05, 3.63) is 74.3 Å². The van der Waals surface area contributed by atoms with Crippen LogP contribution in [-0.4, -0.2) is 29.0 Å². The number of benzene rings is 2. The summed E-state index contributed by atoms with van der Waals surface area (Å²) in [5, 5.41) is 14.2. The molecule has 0 aliphatic carbocycles. The molecule has 0 radical (unpaired) electrons. The van der Waals surface area contributed by atoms with Crippen molar-refractivity contribution in [3.8, 4) is 11.5 Å². The fourth-order valence-electron chi connectivity index (χ4n) is 2.96. The van der Waals surface area contributed by atoms with Gasteiger partial charge in [0.05, 0.1) is 10.6 Å². The van der Waals surface area contributed by atoms with Gasteiger partial charge in [0.2, 0.25) is 0 Å². The Hall–Kier alpha value is -3.46. The summed E-state index contributed by atoms with van der Waals surface area (Å²) in [6, 6.07) is 11.5. The number of nitrogens with one attached hydrogen (secondary N) is 1. The molecule has 1 N–H and O–H groups in total. The number of aryl methyl sites for hydroxylation is 1. The van der Waals surface area contributed by atoms with Gasteiger partial charge in [0, 0.05) is 29.0 Å². The maximum Gasteiger partial charge on any atom is 0.269 e. The van der Waals surface area contributed by atoms with Crippen molar-refractivity contribution in [2.45, 2.75) is 13.3 Å². The molecule has 1 aliphatic heterocycles. The number of nitro benzene ring substituents is 1. The van der Waals surface area contributed by atoms with E-state index in [0.29, 0.717) is 41.8 Å². The van der Waals surface area contributed by atoms with Crippen LogP contribution >= 0.6 is 11.3 Å². The summed E-state index contributed by atoms with van der Waals surface area (Å²) < 4.78 is 11.0. The Kier molecular flexibility index (Phi) is 5.13. The molecule has 29 heavy (non-hydrogen) atoms. The summed E-state index contributed by atoms with van der Waals surface area (Å²) in [6.07, 6.45) is 0.505. The number of aromatic nitrogens is 1. The van der Waals surface area contributed by atoms with Crippen molar-refractivity contribution in [1.29, 1.82) is 0 Å². The third-order valence-electron chi connectivity index (χ3n) is 4.40. The van der Waals surface area contributed by atoms with E-state index in [4.69, 9.17) is 9.47 Å². The first-order chi connectivity index (χ1) is 14.0. The van der Waals surface area contributed by atoms with Crippen molar-refractivity contribution >= 4 is 28.1 Å². The van der Waals surface area contributed by atoms with Crippen molar-refractivity contribution in [3.63, 3.8) is 0 Å². The Bertz CT molecular complexity index is 1100. The van der Waals surface area contributed by atoms with Crippen LogP contribution < -0.4 is 14.8 Å². The van der Waals surface area contributed by atoms with E-state index in [9.17, 15) is 14.9 Å². The summed E-state index contributed by atoms with van der Waals surface area (Å²) in [5.41, 5.74) is 2.09. The van der Waals surface area contributed by atoms with Crippen molar-refractivity contribution in [2.75, 3.05) is 18.5 Å². The second-order valence-electron chi connectivity index (χ2n) is 6.44. The highest BCUT2D eigenvalue weighted by Crippen LogP contribution is 2.31. The normalized spacial score (nSPS) is 12.4. The molecule has 4 rings (SSSR count). The molecular formula is C20H17N3O5S. The molecule has 0 unspecified atom stereocenters. The van der Waals surface area contributed by atoms with Gasteiger partial charge in [0.25, 0.3) is 11.6 Å². The Morgan fingerprint density at radius 3 is 2.79 bits per heavy atom. The van der Waals surface area contributed by atoms with Crippen molar-refractivity contribution in [2.24, 2.45) is 0 Å². The second kappa shape index (κ2) is 7.88. The van der Waals surface area contributed by atoms with Crippen LogP contribution in [0.5, 0.6) is 11.5 Å². The highest BCUT2D eigenvalue weighted by atomic mass is 32.1. The molecule has 0 fully saturated rings. The van der Waals surface area contributed by atoms with Crippen LogP contribution in [0.4, 0.5) is 10.8 Å². The number of carbonyl (C=O) groups excluding carboxylic acids is 1. The lowest BCUT2D eigenvalue weighted by Gasteiger charge is -2.18. The molecule has 1 aromatic heterocycles. The van der Waals surface area contributed by atoms with Crippen molar-refractivity contribution in [1.82, 2.24) is 4.98 Å². The van der Waals surface area contributed by atoms with Gasteiger partial charge in [-0.25, -0.2) is 4.98 Å². The van der Waals surface area contributed by atoms with E-state index in [1.165, 1.54) is 17.4 Å². The average molecular weight is 411 g/mol. The van der Waals surface area contributed by atoms with Crippen LogP contribution in [0, 0.1) is 17.0 Å². The average Bonchev–Trinajstić information content (AvgIpc) is 3.06. The minimum atomic E-state index is -0.415. The molecule has 0 atom stereocenters. The van der Waals surface area contributed by atoms with E-state index in [1.807, 2.05) is 13.0 Å². The first kappa shape index (κ1) is 18.9. The lowest BCUT2D eigenvalue weighted by atomic mass is 10.1. The Morgan fingerprint density at radius 1 is 1.21 bits per heavy atom. The predicted molar refractivity (Wildman–Crippen MR) is 108 cm³/mol. The van der Waals surface area contributed by atoms with Gasteiger partial charge in [0.1, 0.15) is 13.2 Å². The molecule has 2 aromatic carbocycles. The molecule has 0 saturated carbocycles. The Morgan fingerprint density at radius 2 is 2.00 bits per heavy atom. The van der Waals surface area contributed by atoms with E-state index in [2.05, 4.69) is 10.3 Å². The number of ether oxygens (including phenoxy) is 2. The molecule has 9 heteroatoms. The zero-order valence-electron chi connectivity index (χ0n) is 15.5. The molecule has 1 aliphatic rings. The lowest BCUT2D eigenvalue weighted by molar-refractivity contribution is -0.384. The van der Waals surface area contributed by atoms with Gasteiger partial charge >= 0.3 is 0 Å². The smallest absolute Gasteiger partial charge is 0.269 e. The highest BCUT2D eigenvalue weighted by molar-refractivity contribution is 7.15. The number of anilines is 1. The summed E-state index contributed by atoms with van der Waals surface area (Å²) >= 11 is 1.35. The predicted octanol–water partition coefficient (Wildman–Crippen LogP) is 3.97. The Labute approximate surface area is 170 Å². The first-order valence-electron chi connectivity index (χ1n) is 8.90. The summed E-state index contributed by atoms with van der Waals surface area (Å²) in [7, 11) is 0. The third-order valence-corrected chi connectivity index (χ3v) is 5.48. The monoisotopic (exact) mass is 411 g/mol. The van der Waals surface area contributed by atoms with E-state index in [1.54, 1.807) is 30.3 Å². The summed E-state index contributed by atoms with van der Waals surface area (Å²) in [6.45, 7) is 2.79. The van der Waals surface area contributed by atoms with Gasteiger partial charge in [-0.1, -0.05) is 12.1 Å². The molecular weight excluding hydrogens is 394 g/mol. The van der Waals surface area contributed by atoms with Gasteiger partial charge in [0.15, 0.2) is 16.6 Å². The number of hydrogen-bond donors (Lipinski definition) is 1. The van der Waals surface area contributed by atoms with Gasteiger partial charge in [-0.3, -0.25) is 20.2 Å². The number of hydrogen-bond acceptors (Lipinski definition) is 7. The fourth-order valence-corrected chi connectivity index (χ4v) is 3.96. The van der Waals surface area contributed by atoms with Crippen LogP contribution in [0.1, 0.15) is 26.5 Å². The maximum absolute atomic E-state index is 12.6. The zero-order valence-corrected chi connectivity index (χ0v) is 16.3. The lowest BCUT2D eigenvalue weighted by Crippen LogP contribution is -2.17. The molecule has 0 bridgehead atoms. The van der Waals surface area contributed by atoms with Crippen LogP contribution in [0.2, 0.25) is 0 Å². The summed E-state index contributed by atoms with van der Waals surface area (Å²) in [5.74, 6) is 0.875. The molecule has 0 saturated heterocycles. The number of fused-ring (bicyclic) bond motifs is 1. The number of carbonyl (C=O) groups is 1. The number of nitrogens with zero attached hydrogens (tertiary/aromatic N) is 2. The second-order valence-corrected chi connectivity index (χ2v) is 7.53. The van der Waals surface area contributed by atoms with Crippen molar-refractivity contribution < 1.29 is 19.2 Å². The van der Waals surface area contributed by atoms with Crippen LogP contribution in [0.3, 0.4) is 0 Å². The number of rotatable bonds is 5. The van der Waals surface area contributed by atoms with Crippen LogP contribution in [0.25, 0.3) is 0 Å². The van der Waals surface area contributed by atoms with Crippen LogP contribution in [-0.2, 0) is 6.42 Å². The van der Waals surface area contributed by atoms with Crippen LogP contribution in [0.15, 0.2) is 42.5 Å². The van der Waals surface area contributed by atoms with E-state index in [-0.39, 0.29) is 11.6 Å². The van der Waals surface area contributed by atoms with E-state index >= 15 is 0 Å². The number of nitro groups is 1. The van der Waals surface area contributed by atoms with E-state index in [0.717, 1.165) is 16.1 Å². The fraction of sp³-hybridized carbons (Fsp3) is 0.200. The number of thiazole rings is 1. The summed E-state index contributed by atoms with van der Waals surface area (Å²) in [4.78, 5) is 28.5. The third kappa shape index (κ3) is 4.19. The minimum Gasteiger partial charge on any atom is -0.486 e. The molecule has 3 aromatic rings. The molecule has 8 nitrogen and oxygen atoms in total. The Balaban J connectivity index is 1.48. The number of amides is 1. The SMILES string of the molecule is Cc1nc(NC(=O)c2ccc3c(c2)OCCO3)sc1Cc1cccc([N+](=O)[O-])c1. The van der Waals surface area contributed by atoms with Gasteiger partial charge in [-0.15, -0.1) is 11.3 Å². The van der Waals surface area contributed by atoms with Gasteiger partial charge in [-0.05, 0) is 30.7 Å².